The first kappa shape index (κ1) is 16.0. The molecule has 0 unspecified atom stereocenters. The van der Waals surface area contributed by atoms with Gasteiger partial charge in [0.2, 0.25) is 15.4 Å². The number of carbonyl (C=O) groups excluding carboxylic acids is 1. The van der Waals surface area contributed by atoms with E-state index in [1.807, 2.05) is 6.92 Å². The van der Waals surface area contributed by atoms with Gasteiger partial charge < -0.3 is 5.32 Å². The molecule has 1 amide bonds. The number of sulfonamides is 1. The Morgan fingerprint density at radius 2 is 2.05 bits per heavy atom. The summed E-state index contributed by atoms with van der Waals surface area (Å²) in [5.41, 5.74) is 0. The molecule has 1 rings (SSSR count). The van der Waals surface area contributed by atoms with Crippen LogP contribution in [0.15, 0.2) is 4.34 Å². The molecule has 9 heteroatoms. The summed E-state index contributed by atoms with van der Waals surface area (Å²) in [7, 11) is -3.66. The predicted octanol–water partition coefficient (Wildman–Crippen LogP) is 1.35. The molecule has 0 bridgehead atoms. The smallest absolute Gasteiger partial charge is 0.270 e. The maximum Gasteiger partial charge on any atom is 0.270 e. The lowest BCUT2D eigenvalue weighted by atomic mass is 10.2. The molecular formula is C10H18N4O3S2. The van der Waals surface area contributed by atoms with Gasteiger partial charge in [0.25, 0.3) is 10.0 Å². The minimum absolute atomic E-state index is 0.137. The number of carbonyl (C=O) groups is 1. The van der Waals surface area contributed by atoms with Crippen LogP contribution in [-0.4, -0.2) is 30.6 Å². The van der Waals surface area contributed by atoms with E-state index in [4.69, 9.17) is 0 Å². The molecule has 0 saturated heterocycles. The van der Waals surface area contributed by atoms with E-state index in [0.29, 0.717) is 6.42 Å². The van der Waals surface area contributed by atoms with Crippen molar-refractivity contribution >= 4 is 32.4 Å². The monoisotopic (exact) mass is 306 g/mol. The molecule has 0 radical (unpaired) electrons. The molecule has 0 aliphatic rings. The SMILES string of the molecule is CCC[C@@H](C)NS(=O)(=O)c1nnc(NC(=O)CC)s1. The summed E-state index contributed by atoms with van der Waals surface area (Å²) >= 11 is 0.839. The zero-order valence-electron chi connectivity index (χ0n) is 11.1. The molecule has 1 aromatic rings. The van der Waals surface area contributed by atoms with E-state index in [-0.39, 0.29) is 21.4 Å². The van der Waals surface area contributed by atoms with Gasteiger partial charge in [0.15, 0.2) is 0 Å². The largest absolute Gasteiger partial charge is 0.301 e. The van der Waals surface area contributed by atoms with E-state index < -0.39 is 10.0 Å². The molecule has 0 fully saturated rings. The highest BCUT2D eigenvalue weighted by molar-refractivity contribution is 7.91. The molecular weight excluding hydrogens is 288 g/mol. The van der Waals surface area contributed by atoms with Crippen LogP contribution >= 0.6 is 11.3 Å². The fourth-order valence-electron chi connectivity index (χ4n) is 1.38. The highest BCUT2D eigenvalue weighted by atomic mass is 32.2. The number of nitrogens with zero attached hydrogens (tertiary/aromatic N) is 2. The minimum Gasteiger partial charge on any atom is -0.301 e. The lowest BCUT2D eigenvalue weighted by molar-refractivity contribution is -0.115. The van der Waals surface area contributed by atoms with Crippen LogP contribution in [0.3, 0.4) is 0 Å². The van der Waals surface area contributed by atoms with E-state index in [0.717, 1.165) is 24.2 Å². The molecule has 0 aromatic carbocycles. The third kappa shape index (κ3) is 4.84. The van der Waals surface area contributed by atoms with Gasteiger partial charge in [0.05, 0.1) is 0 Å². The Morgan fingerprint density at radius 3 is 2.63 bits per heavy atom. The van der Waals surface area contributed by atoms with Gasteiger partial charge in [-0.05, 0) is 13.3 Å². The molecule has 0 spiro atoms. The van der Waals surface area contributed by atoms with Crippen LogP contribution in [0.1, 0.15) is 40.0 Å². The summed E-state index contributed by atoms with van der Waals surface area (Å²) in [6.45, 7) is 5.47. The third-order valence-corrected chi connectivity index (χ3v) is 5.08. The van der Waals surface area contributed by atoms with Gasteiger partial charge >= 0.3 is 0 Å². The summed E-state index contributed by atoms with van der Waals surface area (Å²) in [4.78, 5) is 11.2. The minimum atomic E-state index is -3.66. The van der Waals surface area contributed by atoms with Crippen molar-refractivity contribution in [3.8, 4) is 0 Å². The maximum absolute atomic E-state index is 12.0. The standard InChI is InChI=1S/C10H18N4O3S2/c1-4-6-7(3)14-19(16,17)10-13-12-9(18-10)11-8(15)5-2/h7,14H,4-6H2,1-3H3,(H,11,12,15)/t7-/m1/s1. The topological polar surface area (TPSA) is 101 Å². The number of hydrogen-bond acceptors (Lipinski definition) is 6. The lowest BCUT2D eigenvalue weighted by Gasteiger charge is -2.10. The number of amides is 1. The van der Waals surface area contributed by atoms with Crippen LogP contribution < -0.4 is 10.0 Å². The van der Waals surface area contributed by atoms with E-state index in [1.54, 1.807) is 13.8 Å². The maximum atomic E-state index is 12.0. The summed E-state index contributed by atoms with van der Waals surface area (Å²) in [5.74, 6) is -0.229. The molecule has 1 heterocycles. The second kappa shape index (κ2) is 6.92. The quantitative estimate of drug-likeness (QED) is 0.741. The number of nitrogens with one attached hydrogen (secondary N) is 2. The molecule has 108 valence electrons. The molecule has 0 aliphatic heterocycles. The normalized spacial score (nSPS) is 13.2. The second-order valence-electron chi connectivity index (χ2n) is 4.09. The number of anilines is 1. The van der Waals surface area contributed by atoms with Gasteiger partial charge in [-0.15, -0.1) is 10.2 Å². The number of hydrogen-bond donors (Lipinski definition) is 2. The first-order valence-corrected chi connectivity index (χ1v) is 8.34. The van der Waals surface area contributed by atoms with Crippen molar-refractivity contribution in [2.45, 2.75) is 50.4 Å². The van der Waals surface area contributed by atoms with Gasteiger partial charge in [-0.2, -0.15) is 0 Å². The van der Waals surface area contributed by atoms with Crippen LogP contribution in [0.5, 0.6) is 0 Å². The summed E-state index contributed by atoms with van der Waals surface area (Å²) in [6.07, 6.45) is 1.93. The highest BCUT2D eigenvalue weighted by Gasteiger charge is 2.22. The Hall–Kier alpha value is -1.06. The Kier molecular flexibility index (Phi) is 5.83. The number of aromatic nitrogens is 2. The van der Waals surface area contributed by atoms with Gasteiger partial charge in [0.1, 0.15) is 0 Å². The zero-order valence-corrected chi connectivity index (χ0v) is 12.8. The number of rotatable bonds is 7. The highest BCUT2D eigenvalue weighted by Crippen LogP contribution is 2.20. The molecule has 1 aromatic heterocycles. The van der Waals surface area contributed by atoms with Crippen LogP contribution in [-0.2, 0) is 14.8 Å². The fourth-order valence-corrected chi connectivity index (χ4v) is 3.59. The van der Waals surface area contributed by atoms with Crippen molar-refractivity contribution in [2.75, 3.05) is 5.32 Å². The van der Waals surface area contributed by atoms with Crippen molar-refractivity contribution in [3.63, 3.8) is 0 Å². The van der Waals surface area contributed by atoms with Crippen molar-refractivity contribution < 1.29 is 13.2 Å². The summed E-state index contributed by atoms with van der Waals surface area (Å²) < 4.78 is 26.3. The van der Waals surface area contributed by atoms with Gasteiger partial charge in [-0.3, -0.25) is 4.79 Å². The Morgan fingerprint density at radius 1 is 1.37 bits per heavy atom. The van der Waals surface area contributed by atoms with Gasteiger partial charge in [-0.25, -0.2) is 13.1 Å². The van der Waals surface area contributed by atoms with Crippen LogP contribution in [0, 0.1) is 0 Å². The van der Waals surface area contributed by atoms with Gasteiger partial charge in [-0.1, -0.05) is 31.6 Å². The fraction of sp³-hybridized carbons (Fsp3) is 0.700. The summed E-state index contributed by atoms with van der Waals surface area (Å²) in [5, 5.41) is 9.90. The second-order valence-corrected chi connectivity index (χ2v) is 6.95. The van der Waals surface area contributed by atoms with Crippen LogP contribution in [0.2, 0.25) is 0 Å². The summed E-state index contributed by atoms with van der Waals surface area (Å²) in [6, 6.07) is -0.160. The van der Waals surface area contributed by atoms with Crippen LogP contribution in [0.4, 0.5) is 5.13 Å². The van der Waals surface area contributed by atoms with E-state index >= 15 is 0 Å². The van der Waals surface area contributed by atoms with E-state index in [2.05, 4.69) is 20.2 Å². The molecule has 2 N–H and O–H groups in total. The molecule has 0 aliphatic carbocycles. The lowest BCUT2D eigenvalue weighted by Crippen LogP contribution is -2.32. The molecule has 19 heavy (non-hydrogen) atoms. The molecule has 0 saturated carbocycles. The Balaban J connectivity index is 2.77. The van der Waals surface area contributed by atoms with Crippen molar-refractivity contribution in [1.29, 1.82) is 0 Å². The Bertz CT molecular complexity index is 527. The van der Waals surface area contributed by atoms with Gasteiger partial charge in [0, 0.05) is 12.5 Å². The Labute approximate surface area is 116 Å². The van der Waals surface area contributed by atoms with Crippen LogP contribution in [0.25, 0.3) is 0 Å². The van der Waals surface area contributed by atoms with E-state index in [1.165, 1.54) is 0 Å². The average Bonchev–Trinajstić information content (AvgIpc) is 2.77. The average molecular weight is 306 g/mol. The third-order valence-electron chi connectivity index (χ3n) is 2.28. The van der Waals surface area contributed by atoms with Crippen molar-refractivity contribution in [3.05, 3.63) is 0 Å². The van der Waals surface area contributed by atoms with E-state index in [9.17, 15) is 13.2 Å². The molecule has 1 atom stereocenters. The van der Waals surface area contributed by atoms with Crippen molar-refractivity contribution in [2.24, 2.45) is 0 Å². The first-order chi connectivity index (χ1) is 8.89. The first-order valence-electron chi connectivity index (χ1n) is 6.04. The predicted molar refractivity (Wildman–Crippen MR) is 73.5 cm³/mol. The van der Waals surface area contributed by atoms with Crippen molar-refractivity contribution in [1.82, 2.24) is 14.9 Å². The molecule has 7 nitrogen and oxygen atoms in total. The zero-order chi connectivity index (χ0) is 14.5.